The number of hydrogen-bond acceptors (Lipinski definition) is 6. The Morgan fingerprint density at radius 3 is 2.59 bits per heavy atom. The molecule has 0 bridgehead atoms. The first-order valence-corrected chi connectivity index (χ1v) is 12.4. The number of furan rings is 1. The van der Waals surface area contributed by atoms with E-state index in [0.29, 0.717) is 60.4 Å². The van der Waals surface area contributed by atoms with Gasteiger partial charge in [-0.05, 0) is 48.9 Å². The van der Waals surface area contributed by atoms with Crippen LogP contribution < -0.4 is 10.2 Å². The third kappa shape index (κ3) is 6.37. The van der Waals surface area contributed by atoms with Crippen molar-refractivity contribution in [2.75, 3.05) is 36.4 Å². The Bertz CT molecular complexity index is 1330. The molecule has 10 heteroatoms. The lowest BCUT2D eigenvalue weighted by Crippen LogP contribution is -2.48. The number of halogens is 1. The van der Waals surface area contributed by atoms with Gasteiger partial charge >= 0.3 is 0 Å². The van der Waals surface area contributed by atoms with E-state index in [2.05, 4.69) is 10.2 Å². The highest BCUT2D eigenvalue weighted by atomic mass is 35.5. The van der Waals surface area contributed by atoms with Crippen LogP contribution >= 0.6 is 11.6 Å². The summed E-state index contributed by atoms with van der Waals surface area (Å²) in [6.45, 7) is 4.53. The first-order valence-electron chi connectivity index (χ1n) is 12.0. The van der Waals surface area contributed by atoms with Crippen LogP contribution in [0.5, 0.6) is 0 Å². The molecule has 37 heavy (non-hydrogen) atoms. The van der Waals surface area contributed by atoms with Crippen molar-refractivity contribution < 1.29 is 18.9 Å². The second-order valence-electron chi connectivity index (χ2n) is 8.58. The van der Waals surface area contributed by atoms with E-state index in [4.69, 9.17) is 16.0 Å². The standard InChI is InChI=1S/C27H27ClN4O5/c1-2-5-27(34)31-16-14-30(15-17-31)24-11-8-19(28)18-22(24)29-26(33)13-10-20-9-12-25(37-20)21-6-3-4-7-23(21)32(35)36/h3-4,6-13,18H,2,5,14-17H2,1H3,(H,29,33)/b13-10+. The van der Waals surface area contributed by atoms with Gasteiger partial charge in [0, 0.05) is 49.8 Å². The molecule has 1 aliphatic heterocycles. The van der Waals surface area contributed by atoms with Crippen molar-refractivity contribution in [1.82, 2.24) is 4.90 Å². The van der Waals surface area contributed by atoms with Gasteiger partial charge < -0.3 is 19.5 Å². The van der Waals surface area contributed by atoms with Gasteiger partial charge in [-0.2, -0.15) is 0 Å². The van der Waals surface area contributed by atoms with Crippen molar-refractivity contribution in [1.29, 1.82) is 0 Å². The molecule has 1 aliphatic rings. The average Bonchev–Trinajstić information content (AvgIpc) is 3.37. The number of benzene rings is 2. The van der Waals surface area contributed by atoms with E-state index in [1.54, 1.807) is 42.5 Å². The number of nitrogens with one attached hydrogen (secondary N) is 1. The number of rotatable bonds is 8. The van der Waals surface area contributed by atoms with E-state index in [1.165, 1.54) is 18.2 Å². The lowest BCUT2D eigenvalue weighted by Gasteiger charge is -2.37. The molecule has 0 radical (unpaired) electrons. The summed E-state index contributed by atoms with van der Waals surface area (Å²) in [5.74, 6) is 0.493. The fourth-order valence-corrected chi connectivity index (χ4v) is 4.39. The number of nitro groups is 1. The first kappa shape index (κ1) is 26.0. The van der Waals surface area contributed by atoms with Crippen LogP contribution in [0.15, 0.2) is 65.1 Å². The van der Waals surface area contributed by atoms with Crippen molar-refractivity contribution in [3.63, 3.8) is 0 Å². The van der Waals surface area contributed by atoms with Crippen molar-refractivity contribution in [3.05, 3.63) is 81.6 Å². The molecule has 0 saturated carbocycles. The lowest BCUT2D eigenvalue weighted by atomic mass is 10.1. The molecule has 1 saturated heterocycles. The van der Waals surface area contributed by atoms with E-state index in [0.717, 1.165) is 12.1 Å². The van der Waals surface area contributed by atoms with Crippen LogP contribution in [0, 0.1) is 10.1 Å². The van der Waals surface area contributed by atoms with E-state index < -0.39 is 4.92 Å². The Balaban J connectivity index is 1.43. The minimum atomic E-state index is -0.466. The van der Waals surface area contributed by atoms with Crippen molar-refractivity contribution in [3.8, 4) is 11.3 Å². The van der Waals surface area contributed by atoms with Gasteiger partial charge in [0.2, 0.25) is 11.8 Å². The van der Waals surface area contributed by atoms with Gasteiger partial charge in [0.05, 0.1) is 21.9 Å². The van der Waals surface area contributed by atoms with Gasteiger partial charge in [-0.25, -0.2) is 0 Å². The molecule has 4 rings (SSSR count). The van der Waals surface area contributed by atoms with Crippen LogP contribution in [-0.4, -0.2) is 47.8 Å². The van der Waals surface area contributed by atoms with E-state index in [-0.39, 0.29) is 17.5 Å². The summed E-state index contributed by atoms with van der Waals surface area (Å²) < 4.78 is 5.71. The SMILES string of the molecule is CCCC(=O)N1CCN(c2ccc(Cl)cc2NC(=O)/C=C/c2ccc(-c3ccccc3[N+](=O)[O-])o2)CC1. The first-order chi connectivity index (χ1) is 17.9. The highest BCUT2D eigenvalue weighted by molar-refractivity contribution is 6.31. The fraction of sp³-hybridized carbons (Fsp3) is 0.259. The van der Waals surface area contributed by atoms with Crippen molar-refractivity contribution in [2.45, 2.75) is 19.8 Å². The van der Waals surface area contributed by atoms with Gasteiger partial charge in [-0.3, -0.25) is 19.7 Å². The quantitative estimate of drug-likeness (QED) is 0.234. The molecule has 0 atom stereocenters. The Hall–Kier alpha value is -4.11. The minimum Gasteiger partial charge on any atom is -0.456 e. The molecule has 0 unspecified atom stereocenters. The van der Waals surface area contributed by atoms with E-state index >= 15 is 0 Å². The predicted octanol–water partition coefficient (Wildman–Crippen LogP) is 5.61. The Morgan fingerprint density at radius 1 is 1.11 bits per heavy atom. The molecule has 1 fully saturated rings. The van der Waals surface area contributed by atoms with Crippen LogP contribution in [0.3, 0.4) is 0 Å². The van der Waals surface area contributed by atoms with Crippen LogP contribution in [-0.2, 0) is 9.59 Å². The summed E-state index contributed by atoms with van der Waals surface area (Å²) in [7, 11) is 0. The maximum absolute atomic E-state index is 12.7. The number of para-hydroxylation sites is 1. The van der Waals surface area contributed by atoms with Gasteiger partial charge in [0.15, 0.2) is 0 Å². The molecule has 192 valence electrons. The van der Waals surface area contributed by atoms with E-state index in [9.17, 15) is 19.7 Å². The molecule has 2 heterocycles. The van der Waals surface area contributed by atoms with Gasteiger partial charge in [0.1, 0.15) is 11.5 Å². The number of piperazine rings is 1. The predicted molar refractivity (Wildman–Crippen MR) is 144 cm³/mol. The summed E-state index contributed by atoms with van der Waals surface area (Å²) in [6.07, 6.45) is 4.20. The number of nitro benzene ring substituents is 1. The second-order valence-corrected chi connectivity index (χ2v) is 9.01. The van der Waals surface area contributed by atoms with Gasteiger partial charge in [-0.1, -0.05) is 30.7 Å². The van der Waals surface area contributed by atoms with Crippen LogP contribution in [0.1, 0.15) is 25.5 Å². The third-order valence-electron chi connectivity index (χ3n) is 6.05. The summed E-state index contributed by atoms with van der Waals surface area (Å²) in [5.41, 5.74) is 1.69. The lowest BCUT2D eigenvalue weighted by molar-refractivity contribution is -0.384. The highest BCUT2D eigenvalue weighted by Gasteiger charge is 2.23. The van der Waals surface area contributed by atoms with Gasteiger partial charge in [0.25, 0.3) is 5.69 Å². The third-order valence-corrected chi connectivity index (χ3v) is 6.28. The summed E-state index contributed by atoms with van der Waals surface area (Å²) in [5, 5.41) is 14.7. The summed E-state index contributed by atoms with van der Waals surface area (Å²) in [4.78, 5) is 39.8. The molecule has 0 aliphatic carbocycles. The molecule has 3 aromatic rings. The zero-order valence-corrected chi connectivity index (χ0v) is 21.1. The Morgan fingerprint density at radius 2 is 1.86 bits per heavy atom. The molecule has 1 N–H and O–H groups in total. The number of nitrogens with zero attached hydrogens (tertiary/aromatic N) is 3. The van der Waals surface area contributed by atoms with Crippen molar-refractivity contribution >= 4 is 46.6 Å². The largest absolute Gasteiger partial charge is 0.456 e. The summed E-state index contributed by atoms with van der Waals surface area (Å²) >= 11 is 6.20. The number of anilines is 2. The Kier molecular flexibility index (Phi) is 8.25. The molecule has 2 amide bonds. The minimum absolute atomic E-state index is 0.0610. The molecule has 1 aromatic heterocycles. The van der Waals surface area contributed by atoms with Gasteiger partial charge in [-0.15, -0.1) is 0 Å². The van der Waals surface area contributed by atoms with Crippen molar-refractivity contribution in [2.24, 2.45) is 0 Å². The average molecular weight is 523 g/mol. The monoisotopic (exact) mass is 522 g/mol. The topological polar surface area (TPSA) is 109 Å². The summed E-state index contributed by atoms with van der Waals surface area (Å²) in [6, 6.07) is 14.9. The van der Waals surface area contributed by atoms with Crippen LogP contribution in [0.4, 0.5) is 17.1 Å². The smallest absolute Gasteiger partial charge is 0.280 e. The zero-order valence-electron chi connectivity index (χ0n) is 20.4. The number of carbonyl (C=O) groups is 2. The highest BCUT2D eigenvalue weighted by Crippen LogP contribution is 2.32. The molecular formula is C27H27ClN4O5. The van der Waals surface area contributed by atoms with Crippen LogP contribution in [0.2, 0.25) is 5.02 Å². The maximum Gasteiger partial charge on any atom is 0.280 e. The molecule has 9 nitrogen and oxygen atoms in total. The zero-order chi connectivity index (χ0) is 26.4. The maximum atomic E-state index is 12.7. The normalized spacial score (nSPS) is 13.7. The number of hydrogen-bond donors (Lipinski definition) is 1. The fourth-order valence-electron chi connectivity index (χ4n) is 4.21. The molecular weight excluding hydrogens is 496 g/mol. The second kappa shape index (κ2) is 11.7. The molecule has 2 aromatic carbocycles. The molecule has 0 spiro atoms. The number of amides is 2. The number of carbonyl (C=O) groups excluding carboxylic acids is 2. The Labute approximate surface area is 219 Å². The van der Waals surface area contributed by atoms with E-state index in [1.807, 2.05) is 17.9 Å². The van der Waals surface area contributed by atoms with Crippen LogP contribution in [0.25, 0.3) is 17.4 Å².